The number of carbonyl (C=O) groups is 1. The van der Waals surface area contributed by atoms with Crippen molar-refractivity contribution in [3.63, 3.8) is 0 Å². The highest BCUT2D eigenvalue weighted by molar-refractivity contribution is 6.37. The molecule has 0 saturated carbocycles. The van der Waals surface area contributed by atoms with Crippen molar-refractivity contribution in [3.05, 3.63) is 69.8 Å². The molecule has 3 aromatic heterocycles. The number of hydrogen-bond acceptors (Lipinski definition) is 8. The predicted octanol–water partition coefficient (Wildman–Crippen LogP) is 4.94. The summed E-state index contributed by atoms with van der Waals surface area (Å²) in [6.45, 7) is 9.61. The Hall–Kier alpha value is -3.97. The van der Waals surface area contributed by atoms with Crippen molar-refractivity contribution in [2.24, 2.45) is 7.05 Å². The molecule has 1 aliphatic heterocycles. The Kier molecular flexibility index (Phi) is 8.65. The van der Waals surface area contributed by atoms with E-state index in [1.54, 1.807) is 17.9 Å². The molecule has 1 unspecified atom stereocenters. The van der Waals surface area contributed by atoms with Crippen molar-refractivity contribution in [2.75, 3.05) is 18.0 Å². The third-order valence-corrected chi connectivity index (χ3v) is 7.11. The molecule has 4 heterocycles. The van der Waals surface area contributed by atoms with Gasteiger partial charge in [0.05, 0.1) is 28.5 Å². The van der Waals surface area contributed by atoms with E-state index in [1.165, 1.54) is 0 Å². The number of aromatic nitrogens is 5. The Balaban J connectivity index is 0.000000517. The molecular formula is C28H30ClF3N6O4. The van der Waals surface area contributed by atoms with Gasteiger partial charge in [-0.05, 0) is 57.9 Å². The molecule has 4 aromatic rings. The molecule has 0 aliphatic carbocycles. The summed E-state index contributed by atoms with van der Waals surface area (Å²) in [6.07, 6.45) is -2.45. The first-order valence-corrected chi connectivity index (χ1v) is 13.4. The van der Waals surface area contributed by atoms with Crippen LogP contribution in [0.3, 0.4) is 0 Å². The number of aliphatic carboxylic acids is 1. The molecule has 42 heavy (non-hydrogen) atoms. The number of halogens is 4. The van der Waals surface area contributed by atoms with Crippen LogP contribution in [-0.4, -0.2) is 66.5 Å². The number of alkyl halides is 3. The van der Waals surface area contributed by atoms with Crippen molar-refractivity contribution in [3.8, 4) is 5.75 Å². The molecule has 0 bridgehead atoms. The van der Waals surface area contributed by atoms with Gasteiger partial charge in [0.15, 0.2) is 17.2 Å². The van der Waals surface area contributed by atoms with Crippen LogP contribution < -0.4 is 9.64 Å². The Bertz CT molecular complexity index is 1620. The molecule has 1 saturated heterocycles. The fraction of sp³-hybridized carbons (Fsp3) is 0.393. The number of aryl methyl sites for hydroxylation is 3. The van der Waals surface area contributed by atoms with Crippen LogP contribution in [0.4, 0.5) is 19.0 Å². The van der Waals surface area contributed by atoms with Crippen molar-refractivity contribution in [1.29, 1.82) is 0 Å². The molecule has 0 radical (unpaired) electrons. The van der Waals surface area contributed by atoms with E-state index in [0.29, 0.717) is 33.0 Å². The highest BCUT2D eigenvalue weighted by Crippen LogP contribution is 2.44. The van der Waals surface area contributed by atoms with Crippen LogP contribution in [0.25, 0.3) is 10.9 Å². The molecule has 1 fully saturated rings. The summed E-state index contributed by atoms with van der Waals surface area (Å²) in [6, 6.07) is 9.44. The van der Waals surface area contributed by atoms with Crippen LogP contribution in [-0.2, 0) is 17.4 Å². The van der Waals surface area contributed by atoms with Crippen molar-refractivity contribution in [2.45, 2.75) is 52.0 Å². The average molecular weight is 607 g/mol. The van der Waals surface area contributed by atoms with Gasteiger partial charge in [-0.15, -0.1) is 5.10 Å². The maximum absolute atomic E-state index is 12.4. The van der Waals surface area contributed by atoms with Crippen molar-refractivity contribution >= 4 is 34.3 Å². The smallest absolute Gasteiger partial charge is 0.486 e. The topological polar surface area (TPSA) is 126 Å². The van der Waals surface area contributed by atoms with Crippen LogP contribution >= 0.6 is 11.6 Å². The van der Waals surface area contributed by atoms with E-state index >= 15 is 0 Å². The van der Waals surface area contributed by atoms with E-state index in [0.717, 1.165) is 42.2 Å². The van der Waals surface area contributed by atoms with Gasteiger partial charge >= 0.3 is 12.1 Å². The highest BCUT2D eigenvalue weighted by atomic mass is 35.5. The van der Waals surface area contributed by atoms with Gasteiger partial charge in [-0.3, -0.25) is 4.98 Å². The minimum Gasteiger partial charge on any atom is -0.486 e. The fourth-order valence-electron chi connectivity index (χ4n) is 4.63. The maximum Gasteiger partial charge on any atom is 0.490 e. The zero-order valence-electron chi connectivity index (χ0n) is 23.6. The standard InChI is InChI=1S/C26H29ClN6O2.C2HF3O2/c1-15(2)35-24-23(27)19-13-18(8-10-21(19)30-25(24)33-11-6-12-33)26(34,22-14-28-31-32(22)5)20-9-7-16(3)29-17(20)4;3-2(4,5)1(6)7/h7-10,13-15,34H,6,11-12H2,1-5H3;(H,6,7). The zero-order chi connectivity index (χ0) is 31.0. The molecule has 0 spiro atoms. The second-order valence-electron chi connectivity index (χ2n) is 10.2. The third kappa shape index (κ3) is 5.97. The summed E-state index contributed by atoms with van der Waals surface area (Å²) < 4.78 is 39.5. The fourth-order valence-corrected chi connectivity index (χ4v) is 4.91. The monoisotopic (exact) mass is 606 g/mol. The quantitative estimate of drug-likeness (QED) is 0.314. The summed E-state index contributed by atoms with van der Waals surface area (Å²) in [5.41, 5.74) is 2.54. The normalized spacial score (nSPS) is 14.7. The van der Waals surface area contributed by atoms with Crippen LogP contribution in [0.15, 0.2) is 36.5 Å². The number of aliphatic hydroxyl groups is 1. The van der Waals surface area contributed by atoms with E-state index in [-0.39, 0.29) is 6.10 Å². The van der Waals surface area contributed by atoms with E-state index in [4.69, 9.17) is 31.2 Å². The SMILES string of the molecule is Cc1ccc(C(O)(c2ccc3nc(N4CCC4)c(OC(C)C)c(Cl)c3c2)c2cnnn2C)c(C)n1.O=C(O)C(F)(F)F. The molecule has 0 amide bonds. The second kappa shape index (κ2) is 11.7. The lowest BCUT2D eigenvalue weighted by molar-refractivity contribution is -0.192. The van der Waals surface area contributed by atoms with Gasteiger partial charge in [0.2, 0.25) is 0 Å². The van der Waals surface area contributed by atoms with E-state index in [2.05, 4.69) is 20.2 Å². The molecule has 14 heteroatoms. The summed E-state index contributed by atoms with van der Waals surface area (Å²) >= 11 is 6.98. The van der Waals surface area contributed by atoms with E-state index in [1.807, 2.05) is 58.0 Å². The van der Waals surface area contributed by atoms with Crippen LogP contribution in [0.1, 0.15) is 48.5 Å². The van der Waals surface area contributed by atoms with Gasteiger partial charge in [0, 0.05) is 42.5 Å². The second-order valence-corrected chi connectivity index (χ2v) is 10.5. The zero-order valence-corrected chi connectivity index (χ0v) is 24.3. The van der Waals surface area contributed by atoms with Gasteiger partial charge in [-0.1, -0.05) is 28.9 Å². The van der Waals surface area contributed by atoms with Gasteiger partial charge < -0.3 is 19.8 Å². The molecular weight excluding hydrogens is 577 g/mol. The average Bonchev–Trinajstić information content (AvgIpc) is 3.30. The molecule has 224 valence electrons. The van der Waals surface area contributed by atoms with E-state index < -0.39 is 17.7 Å². The molecule has 1 aromatic carbocycles. The van der Waals surface area contributed by atoms with Gasteiger partial charge in [-0.2, -0.15) is 13.2 Å². The molecule has 5 rings (SSSR count). The number of benzene rings is 1. The van der Waals surface area contributed by atoms with Gasteiger partial charge in [0.1, 0.15) is 0 Å². The first-order valence-electron chi connectivity index (χ1n) is 13.0. The van der Waals surface area contributed by atoms with Gasteiger partial charge in [0.25, 0.3) is 0 Å². The molecule has 2 N–H and O–H groups in total. The van der Waals surface area contributed by atoms with E-state index in [9.17, 15) is 18.3 Å². The van der Waals surface area contributed by atoms with Crippen LogP contribution in [0.2, 0.25) is 5.02 Å². The van der Waals surface area contributed by atoms with Gasteiger partial charge in [-0.25, -0.2) is 14.5 Å². The lowest BCUT2D eigenvalue weighted by atomic mass is 9.82. The largest absolute Gasteiger partial charge is 0.490 e. The molecule has 10 nitrogen and oxygen atoms in total. The maximum atomic E-state index is 12.4. The Morgan fingerprint density at radius 2 is 1.79 bits per heavy atom. The number of ether oxygens (including phenoxy) is 1. The van der Waals surface area contributed by atoms with Crippen LogP contribution in [0, 0.1) is 13.8 Å². The minimum absolute atomic E-state index is 0.0614. The summed E-state index contributed by atoms with van der Waals surface area (Å²) in [5.74, 6) is -1.42. The van der Waals surface area contributed by atoms with Crippen molar-refractivity contribution < 1.29 is 32.9 Å². The number of carboxylic acids is 1. The number of nitrogens with zero attached hydrogens (tertiary/aromatic N) is 6. The number of hydrogen-bond donors (Lipinski definition) is 2. The first-order chi connectivity index (χ1) is 19.6. The Morgan fingerprint density at radius 1 is 1.12 bits per heavy atom. The first kappa shape index (κ1) is 31.0. The minimum atomic E-state index is -5.08. The Morgan fingerprint density at radius 3 is 2.29 bits per heavy atom. The summed E-state index contributed by atoms with van der Waals surface area (Å²) in [7, 11) is 1.76. The molecule has 1 atom stereocenters. The number of fused-ring (bicyclic) bond motifs is 1. The van der Waals surface area contributed by atoms with Crippen molar-refractivity contribution in [1.82, 2.24) is 25.0 Å². The molecule has 1 aliphatic rings. The predicted molar refractivity (Wildman–Crippen MR) is 150 cm³/mol. The van der Waals surface area contributed by atoms with Crippen LogP contribution in [0.5, 0.6) is 5.75 Å². The Labute approximate surface area is 244 Å². The lowest BCUT2D eigenvalue weighted by Gasteiger charge is -2.34. The highest BCUT2D eigenvalue weighted by Gasteiger charge is 2.40. The number of anilines is 1. The lowest BCUT2D eigenvalue weighted by Crippen LogP contribution is -2.38. The number of carboxylic acid groups (broad SMARTS) is 1. The number of pyridine rings is 2. The summed E-state index contributed by atoms with van der Waals surface area (Å²) in [5, 5.41) is 28.8. The summed E-state index contributed by atoms with van der Waals surface area (Å²) in [4.78, 5) is 20.6. The third-order valence-electron chi connectivity index (χ3n) is 6.73. The number of rotatable bonds is 6.